The number of likely N-dealkylation sites (N-methyl/N-ethyl adjacent to an activating group) is 2. The average molecular weight is 557 g/mol. The highest BCUT2D eigenvalue weighted by Crippen LogP contribution is 2.41. The molecule has 2 aromatic carbocycles. The van der Waals surface area contributed by atoms with Crippen molar-refractivity contribution in [2.75, 3.05) is 55.6 Å². The molecule has 0 atom stereocenters. The number of fused-ring (bicyclic) bond motifs is 1. The third-order valence-corrected chi connectivity index (χ3v) is 8.97. The highest BCUT2D eigenvalue weighted by molar-refractivity contribution is 7.89. The van der Waals surface area contributed by atoms with Gasteiger partial charge in [-0.05, 0) is 81.2 Å². The zero-order valence-electron chi connectivity index (χ0n) is 23.4. The van der Waals surface area contributed by atoms with Gasteiger partial charge in [-0.25, -0.2) is 17.9 Å². The quantitative estimate of drug-likeness (QED) is 0.350. The SMILES string of the molecule is COC(=O)c1cc(-c2c(OC)cccc2OC)n(-c2ccc(S(=O)(=O)N(C)CCN(C)C)c3c2CCCC3)n1. The number of rotatable bonds is 10. The minimum Gasteiger partial charge on any atom is -0.496 e. The van der Waals surface area contributed by atoms with Gasteiger partial charge in [0.15, 0.2) is 5.69 Å². The molecule has 0 aliphatic heterocycles. The van der Waals surface area contributed by atoms with Gasteiger partial charge in [0, 0.05) is 20.1 Å². The summed E-state index contributed by atoms with van der Waals surface area (Å²) in [5, 5.41) is 4.63. The summed E-state index contributed by atoms with van der Waals surface area (Å²) in [4.78, 5) is 14.8. The van der Waals surface area contributed by atoms with Gasteiger partial charge < -0.3 is 19.1 Å². The largest absolute Gasteiger partial charge is 0.496 e. The van der Waals surface area contributed by atoms with Crippen molar-refractivity contribution in [1.82, 2.24) is 19.0 Å². The number of hydrogen-bond donors (Lipinski definition) is 0. The molecular formula is C28H36N4O6S. The number of sulfonamides is 1. The van der Waals surface area contributed by atoms with E-state index in [-0.39, 0.29) is 5.69 Å². The summed E-state index contributed by atoms with van der Waals surface area (Å²) < 4.78 is 46.6. The van der Waals surface area contributed by atoms with Gasteiger partial charge in [0.05, 0.1) is 43.2 Å². The predicted octanol–water partition coefficient (Wildman–Crippen LogP) is 3.40. The molecule has 210 valence electrons. The standard InChI is InChI=1S/C28H36N4O6S/c1-30(2)16-17-31(3)39(34,35)26-15-14-22(19-10-7-8-11-20(19)26)32-23(18-21(29-32)28(33)38-6)27-24(36-4)12-9-13-25(27)37-5/h9,12-15,18H,7-8,10-11,16-17H2,1-6H3. The Labute approximate surface area is 230 Å². The Bertz CT molecular complexity index is 1440. The van der Waals surface area contributed by atoms with E-state index in [9.17, 15) is 13.2 Å². The van der Waals surface area contributed by atoms with E-state index >= 15 is 0 Å². The molecule has 1 aliphatic rings. The van der Waals surface area contributed by atoms with E-state index in [2.05, 4.69) is 5.10 Å². The molecule has 0 unspecified atom stereocenters. The number of nitrogens with zero attached hydrogens (tertiary/aromatic N) is 4. The van der Waals surface area contributed by atoms with E-state index in [4.69, 9.17) is 14.2 Å². The van der Waals surface area contributed by atoms with E-state index in [1.165, 1.54) is 11.4 Å². The molecule has 0 saturated carbocycles. The molecule has 0 saturated heterocycles. The first-order valence-corrected chi connectivity index (χ1v) is 14.2. The molecule has 39 heavy (non-hydrogen) atoms. The second-order valence-corrected chi connectivity index (χ2v) is 11.7. The Morgan fingerprint density at radius 2 is 1.59 bits per heavy atom. The van der Waals surface area contributed by atoms with Gasteiger partial charge >= 0.3 is 5.97 Å². The maximum atomic E-state index is 13.6. The lowest BCUT2D eigenvalue weighted by Crippen LogP contribution is -2.34. The van der Waals surface area contributed by atoms with E-state index < -0.39 is 16.0 Å². The molecule has 0 bridgehead atoms. The molecule has 0 spiro atoms. The maximum absolute atomic E-state index is 13.6. The Morgan fingerprint density at radius 1 is 0.949 bits per heavy atom. The zero-order valence-corrected chi connectivity index (χ0v) is 24.2. The van der Waals surface area contributed by atoms with Crippen LogP contribution in [-0.4, -0.2) is 88.9 Å². The molecule has 11 heteroatoms. The molecule has 0 amide bonds. The number of ether oxygens (including phenoxy) is 3. The third-order valence-electron chi connectivity index (χ3n) is 7.03. The van der Waals surface area contributed by atoms with Crippen molar-refractivity contribution in [3.8, 4) is 28.4 Å². The van der Waals surface area contributed by atoms with Gasteiger partial charge in [-0.3, -0.25) is 0 Å². The predicted molar refractivity (Wildman–Crippen MR) is 148 cm³/mol. The van der Waals surface area contributed by atoms with Crippen molar-refractivity contribution in [2.24, 2.45) is 0 Å². The Balaban J connectivity index is 1.94. The number of aromatic nitrogens is 2. The molecule has 0 N–H and O–H groups in total. The van der Waals surface area contributed by atoms with Crippen molar-refractivity contribution in [1.29, 1.82) is 0 Å². The van der Waals surface area contributed by atoms with E-state index in [1.54, 1.807) is 44.1 Å². The first kappa shape index (κ1) is 28.6. The topological polar surface area (TPSA) is 103 Å². The van der Waals surface area contributed by atoms with Crippen LogP contribution in [0, 0.1) is 0 Å². The van der Waals surface area contributed by atoms with Crippen LogP contribution in [0.15, 0.2) is 41.3 Å². The lowest BCUT2D eigenvalue weighted by atomic mass is 9.90. The number of carbonyl (C=O) groups is 1. The summed E-state index contributed by atoms with van der Waals surface area (Å²) in [6, 6.07) is 10.5. The van der Waals surface area contributed by atoms with Crippen LogP contribution in [0.25, 0.3) is 16.9 Å². The molecule has 0 radical (unpaired) electrons. The summed E-state index contributed by atoms with van der Waals surface area (Å²) in [5.41, 5.74) is 3.70. The molecular weight excluding hydrogens is 520 g/mol. The first-order valence-electron chi connectivity index (χ1n) is 12.8. The monoisotopic (exact) mass is 556 g/mol. The molecule has 1 aliphatic carbocycles. The minimum atomic E-state index is -3.71. The van der Waals surface area contributed by atoms with Crippen molar-refractivity contribution in [3.63, 3.8) is 0 Å². The summed E-state index contributed by atoms with van der Waals surface area (Å²) in [7, 11) is 6.17. The number of carbonyl (C=O) groups excluding carboxylic acids is 1. The summed E-state index contributed by atoms with van der Waals surface area (Å²) in [6.07, 6.45) is 3.13. The number of benzene rings is 2. The van der Waals surface area contributed by atoms with E-state index in [0.29, 0.717) is 59.3 Å². The van der Waals surface area contributed by atoms with E-state index in [0.717, 1.165) is 24.0 Å². The highest BCUT2D eigenvalue weighted by atomic mass is 32.2. The number of esters is 1. The fraction of sp³-hybridized carbons (Fsp3) is 0.429. The fourth-order valence-electron chi connectivity index (χ4n) is 4.94. The van der Waals surface area contributed by atoms with Gasteiger partial charge in [-0.1, -0.05) is 6.07 Å². The van der Waals surface area contributed by atoms with Gasteiger partial charge in [-0.2, -0.15) is 9.40 Å². The minimum absolute atomic E-state index is 0.116. The lowest BCUT2D eigenvalue weighted by Gasteiger charge is -2.26. The molecule has 0 fully saturated rings. The van der Waals surface area contributed by atoms with Crippen LogP contribution < -0.4 is 9.47 Å². The van der Waals surface area contributed by atoms with Crippen molar-refractivity contribution < 1.29 is 27.4 Å². The van der Waals surface area contributed by atoms with Crippen molar-refractivity contribution in [2.45, 2.75) is 30.6 Å². The van der Waals surface area contributed by atoms with Crippen LogP contribution in [0.1, 0.15) is 34.5 Å². The fourth-order valence-corrected chi connectivity index (χ4v) is 6.37. The summed E-state index contributed by atoms with van der Waals surface area (Å²) in [5.74, 6) is 0.504. The molecule has 3 aromatic rings. The molecule has 1 aromatic heterocycles. The molecule has 1 heterocycles. The normalized spacial score (nSPS) is 13.4. The smallest absolute Gasteiger partial charge is 0.358 e. The van der Waals surface area contributed by atoms with Gasteiger partial charge in [0.25, 0.3) is 0 Å². The molecule has 4 rings (SSSR count). The number of methoxy groups -OCH3 is 3. The highest BCUT2D eigenvalue weighted by Gasteiger charge is 2.30. The van der Waals surface area contributed by atoms with Crippen LogP contribution >= 0.6 is 0 Å². The zero-order chi connectivity index (χ0) is 28.3. The van der Waals surface area contributed by atoms with Crippen molar-refractivity contribution >= 4 is 16.0 Å². The van der Waals surface area contributed by atoms with Crippen LogP contribution in [-0.2, 0) is 27.6 Å². The second-order valence-electron chi connectivity index (χ2n) is 9.73. The second kappa shape index (κ2) is 11.8. The summed E-state index contributed by atoms with van der Waals surface area (Å²) >= 11 is 0. The van der Waals surface area contributed by atoms with E-state index in [1.807, 2.05) is 37.2 Å². The Morgan fingerprint density at radius 3 is 2.18 bits per heavy atom. The summed E-state index contributed by atoms with van der Waals surface area (Å²) in [6.45, 7) is 0.995. The number of hydrogen-bond acceptors (Lipinski definition) is 8. The van der Waals surface area contributed by atoms with Gasteiger partial charge in [0.2, 0.25) is 10.0 Å². The van der Waals surface area contributed by atoms with Crippen LogP contribution in [0.4, 0.5) is 0 Å². The lowest BCUT2D eigenvalue weighted by molar-refractivity contribution is 0.0593. The Hall–Kier alpha value is -3.41. The Kier molecular flexibility index (Phi) is 8.63. The third kappa shape index (κ3) is 5.52. The van der Waals surface area contributed by atoms with Crippen LogP contribution in [0.3, 0.4) is 0 Å². The van der Waals surface area contributed by atoms with Gasteiger partial charge in [0.1, 0.15) is 11.5 Å². The first-order chi connectivity index (χ1) is 18.6. The average Bonchev–Trinajstić information content (AvgIpc) is 3.38. The molecule has 10 nitrogen and oxygen atoms in total. The van der Waals surface area contributed by atoms with Gasteiger partial charge in [-0.15, -0.1) is 0 Å². The van der Waals surface area contributed by atoms with Crippen molar-refractivity contribution in [3.05, 3.63) is 53.2 Å². The van der Waals surface area contributed by atoms with Crippen LogP contribution in [0.5, 0.6) is 11.5 Å². The maximum Gasteiger partial charge on any atom is 0.358 e. The van der Waals surface area contributed by atoms with Crippen LogP contribution in [0.2, 0.25) is 0 Å².